The van der Waals surface area contributed by atoms with Crippen LogP contribution < -0.4 is 10.5 Å². The minimum atomic E-state index is -0.361. The molecule has 0 aromatic carbocycles. The molecule has 0 aliphatic heterocycles. The second-order valence-electron chi connectivity index (χ2n) is 4.70. The lowest BCUT2D eigenvalue weighted by Gasteiger charge is -2.35. The fourth-order valence-electron chi connectivity index (χ4n) is 2.43. The zero-order chi connectivity index (χ0) is 12.4. The first-order valence-corrected chi connectivity index (χ1v) is 6.04. The van der Waals surface area contributed by atoms with Crippen LogP contribution in [0.15, 0.2) is 17.2 Å². The van der Waals surface area contributed by atoms with Crippen LogP contribution in [0, 0.1) is 0 Å². The van der Waals surface area contributed by atoms with Crippen LogP contribution in [0.3, 0.4) is 0 Å². The van der Waals surface area contributed by atoms with Crippen molar-refractivity contribution in [3.63, 3.8) is 0 Å². The molecule has 0 spiro atoms. The van der Waals surface area contributed by atoms with Gasteiger partial charge < -0.3 is 14.6 Å². The number of aliphatic hydroxyl groups is 1. The summed E-state index contributed by atoms with van der Waals surface area (Å²) in [6.07, 6.45) is 6.77. The zero-order valence-corrected chi connectivity index (χ0v) is 10.3. The molecule has 17 heavy (non-hydrogen) atoms. The normalized spacial score (nSPS) is 24.6. The highest BCUT2D eigenvalue weighted by atomic mass is 16.3. The zero-order valence-electron chi connectivity index (χ0n) is 10.3. The first-order chi connectivity index (χ1) is 8.11. The van der Waals surface area contributed by atoms with Crippen LogP contribution >= 0.6 is 0 Å². The summed E-state index contributed by atoms with van der Waals surface area (Å²) in [5, 5.41) is 9.98. The predicted molar refractivity (Wildman–Crippen MR) is 66.1 cm³/mol. The van der Waals surface area contributed by atoms with E-state index in [1.54, 1.807) is 19.4 Å². The fourth-order valence-corrected chi connectivity index (χ4v) is 2.43. The molecule has 2 rings (SSSR count). The van der Waals surface area contributed by atoms with E-state index in [9.17, 15) is 9.90 Å². The number of rotatable bonds is 2. The van der Waals surface area contributed by atoms with E-state index in [0.717, 1.165) is 25.7 Å². The lowest BCUT2D eigenvalue weighted by Crippen LogP contribution is -2.46. The summed E-state index contributed by atoms with van der Waals surface area (Å²) in [5.41, 5.74) is -0.118. The molecule has 2 unspecified atom stereocenters. The van der Waals surface area contributed by atoms with Gasteiger partial charge in [0.25, 0.3) is 5.56 Å². The van der Waals surface area contributed by atoms with Gasteiger partial charge >= 0.3 is 0 Å². The van der Waals surface area contributed by atoms with Crippen molar-refractivity contribution < 1.29 is 5.11 Å². The van der Waals surface area contributed by atoms with Crippen molar-refractivity contribution in [2.45, 2.75) is 37.8 Å². The predicted octanol–water partition coefficient (Wildman–Crippen LogP) is 0.520. The van der Waals surface area contributed by atoms with Crippen molar-refractivity contribution in [3.05, 3.63) is 22.7 Å². The Morgan fingerprint density at radius 2 is 2.18 bits per heavy atom. The second kappa shape index (κ2) is 4.87. The number of aromatic nitrogens is 2. The Balaban J connectivity index is 2.27. The number of hydrogen-bond acceptors (Lipinski definition) is 4. The van der Waals surface area contributed by atoms with E-state index in [1.165, 1.54) is 4.57 Å². The summed E-state index contributed by atoms with van der Waals surface area (Å²) in [7, 11) is 3.54. The molecule has 0 radical (unpaired) electrons. The first-order valence-electron chi connectivity index (χ1n) is 6.04. The van der Waals surface area contributed by atoms with Crippen LogP contribution in [-0.4, -0.2) is 33.9 Å². The van der Waals surface area contributed by atoms with Crippen LogP contribution in [0.2, 0.25) is 0 Å². The summed E-state index contributed by atoms with van der Waals surface area (Å²) in [4.78, 5) is 17.9. The van der Waals surface area contributed by atoms with Crippen molar-refractivity contribution in [3.8, 4) is 0 Å². The van der Waals surface area contributed by atoms with E-state index >= 15 is 0 Å². The standard InChI is InChI=1S/C12H19N3O2/c1-14-8-7-13-11(12(14)17)15(2)9-5-3-4-6-10(9)16/h7-10,16H,3-6H2,1-2H3. The Morgan fingerprint density at radius 1 is 1.47 bits per heavy atom. The molecule has 1 N–H and O–H groups in total. The average molecular weight is 237 g/mol. The van der Waals surface area contributed by atoms with Gasteiger partial charge in [-0.05, 0) is 12.8 Å². The largest absolute Gasteiger partial charge is 0.391 e. The summed E-state index contributed by atoms with van der Waals surface area (Å²) in [6, 6.07) is 0.00588. The van der Waals surface area contributed by atoms with Gasteiger partial charge in [0, 0.05) is 26.5 Å². The van der Waals surface area contributed by atoms with E-state index in [4.69, 9.17) is 0 Å². The maximum Gasteiger partial charge on any atom is 0.293 e. The minimum Gasteiger partial charge on any atom is -0.391 e. The summed E-state index contributed by atoms with van der Waals surface area (Å²) in [5.74, 6) is 0.418. The van der Waals surface area contributed by atoms with E-state index < -0.39 is 0 Å². The Morgan fingerprint density at radius 3 is 2.88 bits per heavy atom. The summed E-state index contributed by atoms with van der Waals surface area (Å²) < 4.78 is 1.51. The molecule has 1 fully saturated rings. The van der Waals surface area contributed by atoms with Gasteiger partial charge in [-0.3, -0.25) is 4.79 Å². The van der Waals surface area contributed by atoms with Crippen molar-refractivity contribution in [1.29, 1.82) is 0 Å². The molecule has 1 heterocycles. The van der Waals surface area contributed by atoms with Crippen molar-refractivity contribution in [2.75, 3.05) is 11.9 Å². The lowest BCUT2D eigenvalue weighted by atomic mass is 9.91. The number of hydrogen-bond donors (Lipinski definition) is 1. The number of nitrogens with zero attached hydrogens (tertiary/aromatic N) is 3. The van der Waals surface area contributed by atoms with Crippen LogP contribution in [0.5, 0.6) is 0 Å². The number of likely N-dealkylation sites (N-methyl/N-ethyl adjacent to an activating group) is 1. The molecule has 0 amide bonds. The molecule has 1 aliphatic carbocycles. The maximum atomic E-state index is 11.9. The van der Waals surface area contributed by atoms with Gasteiger partial charge in [0.15, 0.2) is 5.82 Å². The van der Waals surface area contributed by atoms with Gasteiger partial charge in [0.05, 0.1) is 12.1 Å². The third-order valence-electron chi connectivity index (χ3n) is 3.52. The molecule has 5 heteroatoms. The summed E-state index contributed by atoms with van der Waals surface area (Å²) >= 11 is 0. The maximum absolute atomic E-state index is 11.9. The molecule has 5 nitrogen and oxygen atoms in total. The van der Waals surface area contributed by atoms with Gasteiger partial charge in [-0.25, -0.2) is 4.98 Å². The van der Waals surface area contributed by atoms with Crippen LogP contribution in [0.4, 0.5) is 5.82 Å². The van der Waals surface area contributed by atoms with Gasteiger partial charge in [-0.15, -0.1) is 0 Å². The smallest absolute Gasteiger partial charge is 0.293 e. The average Bonchev–Trinajstić information content (AvgIpc) is 2.32. The van der Waals surface area contributed by atoms with Gasteiger partial charge in [0.2, 0.25) is 0 Å². The molecule has 1 aromatic rings. The second-order valence-corrected chi connectivity index (χ2v) is 4.70. The van der Waals surface area contributed by atoms with Gasteiger partial charge in [-0.1, -0.05) is 12.8 Å². The molecule has 1 aliphatic rings. The third-order valence-corrected chi connectivity index (χ3v) is 3.52. The highest BCUT2D eigenvalue weighted by molar-refractivity contribution is 5.36. The molecule has 0 saturated heterocycles. The topological polar surface area (TPSA) is 58.4 Å². The molecular formula is C12H19N3O2. The van der Waals surface area contributed by atoms with Crippen molar-refractivity contribution >= 4 is 5.82 Å². The Labute approximate surface area is 101 Å². The van der Waals surface area contributed by atoms with E-state index in [0.29, 0.717) is 5.82 Å². The van der Waals surface area contributed by atoms with Crippen molar-refractivity contribution in [1.82, 2.24) is 9.55 Å². The monoisotopic (exact) mass is 237 g/mol. The Kier molecular flexibility index (Phi) is 3.47. The minimum absolute atomic E-state index is 0.00588. The van der Waals surface area contributed by atoms with Crippen LogP contribution in [0.25, 0.3) is 0 Å². The summed E-state index contributed by atoms with van der Waals surface area (Å²) in [6.45, 7) is 0. The molecule has 0 bridgehead atoms. The van der Waals surface area contributed by atoms with E-state index in [-0.39, 0.29) is 17.7 Å². The molecule has 2 atom stereocenters. The quantitative estimate of drug-likeness (QED) is 0.814. The highest BCUT2D eigenvalue weighted by Crippen LogP contribution is 2.23. The van der Waals surface area contributed by atoms with Gasteiger partial charge in [-0.2, -0.15) is 0 Å². The van der Waals surface area contributed by atoms with Crippen LogP contribution in [-0.2, 0) is 7.05 Å². The van der Waals surface area contributed by atoms with Gasteiger partial charge in [0.1, 0.15) is 0 Å². The van der Waals surface area contributed by atoms with Crippen molar-refractivity contribution in [2.24, 2.45) is 7.05 Å². The molecular weight excluding hydrogens is 218 g/mol. The Hall–Kier alpha value is -1.36. The highest BCUT2D eigenvalue weighted by Gasteiger charge is 2.28. The number of aliphatic hydroxyl groups excluding tert-OH is 1. The fraction of sp³-hybridized carbons (Fsp3) is 0.667. The molecule has 94 valence electrons. The third kappa shape index (κ3) is 2.34. The Bertz CT molecular complexity index is 444. The number of aryl methyl sites for hydroxylation is 1. The molecule has 1 aromatic heterocycles. The van der Waals surface area contributed by atoms with E-state index in [2.05, 4.69) is 4.98 Å². The first kappa shape index (κ1) is 12.1. The number of anilines is 1. The lowest BCUT2D eigenvalue weighted by molar-refractivity contribution is 0.106. The van der Waals surface area contributed by atoms with Crippen LogP contribution in [0.1, 0.15) is 25.7 Å². The SMILES string of the molecule is CN(c1nccn(C)c1=O)C1CCCCC1O. The molecule has 1 saturated carbocycles. The van der Waals surface area contributed by atoms with E-state index in [1.807, 2.05) is 11.9 Å².